The zero-order valence-electron chi connectivity index (χ0n) is 34.7. The lowest BCUT2D eigenvalue weighted by molar-refractivity contribution is -0.705. The topological polar surface area (TPSA) is 19.7 Å². The van der Waals surface area contributed by atoms with E-state index in [0.717, 1.165) is 13.0 Å². The van der Waals surface area contributed by atoms with Crippen LogP contribution in [-0.4, -0.2) is 4.98 Å². The molecule has 0 amide bonds. The lowest BCUT2D eigenvalue weighted by Crippen LogP contribution is -2.43. The van der Waals surface area contributed by atoms with Crippen molar-refractivity contribution in [3.8, 4) is 0 Å². The predicted octanol–water partition coefficient (Wildman–Crippen LogP) is 15.5. The Hall–Kier alpha value is -2.35. The maximum Gasteiger partial charge on any atom is 0.258 e. The fourth-order valence-electron chi connectivity index (χ4n) is 8.74. The van der Waals surface area contributed by atoms with Crippen LogP contribution in [0.5, 0.6) is 0 Å². The van der Waals surface area contributed by atoms with Crippen LogP contribution in [0.1, 0.15) is 223 Å². The van der Waals surface area contributed by atoms with Gasteiger partial charge in [0.15, 0.2) is 0 Å². The number of nitrogens with one attached hydrogen (secondary N) is 1. The van der Waals surface area contributed by atoms with Crippen LogP contribution in [0.25, 0.3) is 0 Å². The molecule has 0 saturated carbocycles. The van der Waals surface area contributed by atoms with E-state index in [1.54, 1.807) is 0 Å². The van der Waals surface area contributed by atoms with Gasteiger partial charge in [0.1, 0.15) is 12.4 Å². The number of hydrogen-bond acceptors (Lipinski definition) is 0. The monoisotopic (exact) mass is 712 g/mol. The molecule has 0 saturated heterocycles. The number of rotatable bonds is 34. The van der Waals surface area contributed by atoms with Gasteiger partial charge in [-0.2, -0.15) is 0 Å². The first-order valence-corrected chi connectivity index (χ1v) is 22.8. The number of unbranched alkanes of at least 4 members (excludes halogenated alkanes) is 25. The van der Waals surface area contributed by atoms with Crippen molar-refractivity contribution in [2.24, 2.45) is 0 Å². The summed E-state index contributed by atoms with van der Waals surface area (Å²) in [5.74, 6) is 1.88. The molecule has 2 unspecified atom stereocenters. The summed E-state index contributed by atoms with van der Waals surface area (Å²) < 4.78 is 2.60. The van der Waals surface area contributed by atoms with Crippen molar-refractivity contribution in [3.05, 3.63) is 90.0 Å². The highest BCUT2D eigenvalue weighted by atomic mass is 15.1. The van der Waals surface area contributed by atoms with Gasteiger partial charge < -0.3 is 0 Å². The number of imidazole rings is 1. The van der Waals surface area contributed by atoms with Gasteiger partial charge in [0.05, 0.1) is 12.5 Å². The standard InChI is InChI=1S/C50H82N2/c1-4-6-8-10-12-14-16-17-18-19-20-22-24-26-28-36-43-52-44-42-51-49(52)48(41-35-27-25-23-21-15-13-11-9-7-5-2)50(3,47-39-33-30-34-40-47)45-46-37-31-29-32-38-46/h29-34,37-40,42,44,48H,4-28,35-36,41,43,45H2,1-3H3/p+1. The molecule has 292 valence electrons. The maximum absolute atomic E-state index is 3.82. The summed E-state index contributed by atoms with van der Waals surface area (Å²) in [6.07, 6.45) is 44.9. The summed E-state index contributed by atoms with van der Waals surface area (Å²) in [5.41, 5.74) is 2.91. The van der Waals surface area contributed by atoms with Gasteiger partial charge in [0.2, 0.25) is 0 Å². The second kappa shape index (κ2) is 29.1. The van der Waals surface area contributed by atoms with Crippen LogP contribution in [-0.2, 0) is 18.4 Å². The molecule has 1 aromatic heterocycles. The first-order valence-electron chi connectivity index (χ1n) is 22.8. The molecule has 52 heavy (non-hydrogen) atoms. The van der Waals surface area contributed by atoms with Crippen LogP contribution in [0.2, 0.25) is 0 Å². The second-order valence-electron chi connectivity index (χ2n) is 16.7. The second-order valence-corrected chi connectivity index (χ2v) is 16.7. The van der Waals surface area contributed by atoms with Crippen molar-refractivity contribution in [2.75, 3.05) is 0 Å². The van der Waals surface area contributed by atoms with Crippen molar-refractivity contribution >= 4 is 0 Å². The SMILES string of the molecule is CCCCCCCCCCCCCCCCCC[n+]1cc[nH]c1C(CCCCCCCCCCCCC)C(C)(Cc1ccccc1)c1ccccc1. The van der Waals surface area contributed by atoms with Crippen LogP contribution in [0.4, 0.5) is 0 Å². The zero-order valence-corrected chi connectivity index (χ0v) is 34.7. The molecule has 0 bridgehead atoms. The Morgan fingerprint density at radius 3 is 1.37 bits per heavy atom. The largest absolute Gasteiger partial charge is 0.258 e. The molecule has 2 heteroatoms. The predicted molar refractivity (Wildman–Crippen MR) is 228 cm³/mol. The number of aromatic amines is 1. The number of nitrogens with zero attached hydrogens (tertiary/aromatic N) is 1. The first kappa shape index (κ1) is 44.0. The molecule has 0 aliphatic rings. The van der Waals surface area contributed by atoms with E-state index >= 15 is 0 Å². The Balaban J connectivity index is 1.50. The third-order valence-corrected chi connectivity index (χ3v) is 12.1. The van der Waals surface area contributed by atoms with Gasteiger partial charge in [-0.25, -0.2) is 9.55 Å². The van der Waals surface area contributed by atoms with Gasteiger partial charge in [0, 0.05) is 5.41 Å². The highest BCUT2D eigenvalue weighted by molar-refractivity contribution is 5.32. The third kappa shape index (κ3) is 18.1. The molecule has 1 N–H and O–H groups in total. The Kier molecular flexibility index (Phi) is 24.6. The molecule has 0 aliphatic carbocycles. The van der Waals surface area contributed by atoms with E-state index in [1.807, 2.05) is 0 Å². The molecule has 3 aromatic rings. The van der Waals surface area contributed by atoms with E-state index in [-0.39, 0.29) is 5.41 Å². The van der Waals surface area contributed by atoms with Crippen LogP contribution in [0, 0.1) is 0 Å². The molecular weight excluding hydrogens is 629 g/mol. The number of H-pyrrole nitrogens is 1. The Morgan fingerprint density at radius 1 is 0.500 bits per heavy atom. The van der Waals surface area contributed by atoms with Crippen molar-refractivity contribution < 1.29 is 4.57 Å². The molecule has 2 nitrogen and oxygen atoms in total. The van der Waals surface area contributed by atoms with Crippen LogP contribution in [0.15, 0.2) is 73.1 Å². The number of benzene rings is 2. The Bertz CT molecular complexity index is 1200. The Morgan fingerprint density at radius 2 is 0.904 bits per heavy atom. The molecule has 0 radical (unpaired) electrons. The van der Waals surface area contributed by atoms with E-state index in [1.165, 1.54) is 197 Å². The number of aryl methyl sites for hydroxylation is 1. The number of hydrogen-bond donors (Lipinski definition) is 1. The maximum atomic E-state index is 3.82. The minimum atomic E-state index is 0.00232. The smallest absolute Gasteiger partial charge is 0.247 e. The summed E-state index contributed by atoms with van der Waals surface area (Å²) >= 11 is 0. The average Bonchev–Trinajstić information content (AvgIpc) is 3.63. The lowest BCUT2D eigenvalue weighted by atomic mass is 9.66. The van der Waals surface area contributed by atoms with Crippen molar-refractivity contribution in [1.82, 2.24) is 4.98 Å². The molecule has 2 atom stereocenters. The molecule has 0 aliphatic heterocycles. The van der Waals surface area contributed by atoms with Crippen LogP contribution in [0.3, 0.4) is 0 Å². The molecule has 2 aromatic carbocycles. The van der Waals surface area contributed by atoms with Gasteiger partial charge in [-0.05, 0) is 36.8 Å². The average molecular weight is 712 g/mol. The summed E-state index contributed by atoms with van der Waals surface area (Å²) in [6.45, 7) is 8.30. The summed E-state index contributed by atoms with van der Waals surface area (Å²) in [4.78, 5) is 3.82. The van der Waals surface area contributed by atoms with Gasteiger partial charge in [-0.1, -0.05) is 242 Å². The Labute approximate surface area is 323 Å². The highest BCUT2D eigenvalue weighted by Crippen LogP contribution is 2.43. The molecule has 0 spiro atoms. The van der Waals surface area contributed by atoms with Gasteiger partial charge in [0.25, 0.3) is 5.82 Å². The summed E-state index contributed by atoms with van der Waals surface area (Å²) in [5, 5.41) is 0. The van der Waals surface area contributed by atoms with Crippen molar-refractivity contribution in [2.45, 2.75) is 225 Å². The van der Waals surface area contributed by atoms with E-state index in [0.29, 0.717) is 5.92 Å². The fourth-order valence-corrected chi connectivity index (χ4v) is 8.74. The molecule has 1 heterocycles. The molecule has 3 rings (SSSR count). The highest BCUT2D eigenvalue weighted by Gasteiger charge is 2.42. The first-order chi connectivity index (χ1) is 25.7. The zero-order chi connectivity index (χ0) is 36.8. The van der Waals surface area contributed by atoms with E-state index in [9.17, 15) is 0 Å². The van der Waals surface area contributed by atoms with E-state index in [2.05, 4.69) is 103 Å². The molecule has 0 fully saturated rings. The third-order valence-electron chi connectivity index (χ3n) is 12.1. The normalized spacial score (nSPS) is 13.4. The molecular formula is C50H83N2+. The minimum Gasteiger partial charge on any atom is -0.247 e. The van der Waals surface area contributed by atoms with Crippen LogP contribution >= 0.6 is 0 Å². The lowest BCUT2D eigenvalue weighted by Gasteiger charge is -2.37. The minimum absolute atomic E-state index is 0.00232. The number of aromatic nitrogens is 2. The summed E-state index contributed by atoms with van der Waals surface area (Å²) in [7, 11) is 0. The fraction of sp³-hybridized carbons (Fsp3) is 0.700. The van der Waals surface area contributed by atoms with Crippen molar-refractivity contribution in [3.63, 3.8) is 0 Å². The quantitative estimate of drug-likeness (QED) is 0.0470. The van der Waals surface area contributed by atoms with Gasteiger partial charge >= 0.3 is 0 Å². The van der Waals surface area contributed by atoms with Crippen molar-refractivity contribution in [1.29, 1.82) is 0 Å². The van der Waals surface area contributed by atoms with Gasteiger partial charge in [-0.3, -0.25) is 0 Å². The van der Waals surface area contributed by atoms with Crippen LogP contribution < -0.4 is 4.57 Å². The van der Waals surface area contributed by atoms with E-state index in [4.69, 9.17) is 0 Å². The van der Waals surface area contributed by atoms with E-state index < -0.39 is 0 Å². The summed E-state index contributed by atoms with van der Waals surface area (Å²) in [6, 6.07) is 22.7. The van der Waals surface area contributed by atoms with Gasteiger partial charge in [-0.15, -0.1) is 0 Å².